The van der Waals surface area contributed by atoms with Crippen molar-refractivity contribution in [3.8, 4) is 11.4 Å². The third-order valence-electron chi connectivity index (χ3n) is 5.72. The number of nitrogens with one attached hydrogen (secondary N) is 1. The fourth-order valence-corrected chi connectivity index (χ4v) is 4.09. The Balaban J connectivity index is 1.28. The van der Waals surface area contributed by atoms with E-state index < -0.39 is 0 Å². The van der Waals surface area contributed by atoms with Gasteiger partial charge in [0.05, 0.1) is 0 Å². The Morgan fingerprint density at radius 1 is 1.00 bits per heavy atom. The topological polar surface area (TPSA) is 73.0 Å². The molecule has 5 rings (SSSR count). The zero-order valence-corrected chi connectivity index (χ0v) is 18.1. The van der Waals surface area contributed by atoms with E-state index in [1.165, 1.54) is 22.0 Å². The molecule has 0 saturated heterocycles. The third-order valence-corrected chi connectivity index (χ3v) is 5.72. The second kappa shape index (κ2) is 8.30. The first-order valence-corrected chi connectivity index (χ1v) is 10.8. The summed E-state index contributed by atoms with van der Waals surface area (Å²) >= 11 is 0. The molecule has 2 aromatic heterocycles. The smallest absolute Gasteiger partial charge is 0.227 e. The zero-order chi connectivity index (χ0) is 22.1. The Morgan fingerprint density at radius 2 is 1.78 bits per heavy atom. The van der Waals surface area contributed by atoms with E-state index in [0.29, 0.717) is 18.1 Å². The molecule has 0 spiro atoms. The molecule has 6 heteroatoms. The third kappa shape index (κ3) is 3.75. The summed E-state index contributed by atoms with van der Waals surface area (Å²) in [4.78, 5) is 17.0. The Labute approximate surface area is 185 Å². The maximum absolute atomic E-state index is 12.6. The molecule has 5 aromatic rings. The van der Waals surface area contributed by atoms with Crippen molar-refractivity contribution >= 4 is 33.4 Å². The number of carbonyl (C=O) groups is 1. The largest absolute Gasteiger partial charge is 0.341 e. The lowest BCUT2D eigenvalue weighted by atomic mass is 10.1. The van der Waals surface area contributed by atoms with Crippen molar-refractivity contribution in [2.45, 2.75) is 33.2 Å². The number of carbonyl (C=O) groups excluding carboxylic acids is 1. The lowest BCUT2D eigenvalue weighted by Crippen LogP contribution is -2.12. The molecule has 2 heterocycles. The highest BCUT2D eigenvalue weighted by atomic mass is 16.5. The van der Waals surface area contributed by atoms with Crippen LogP contribution < -0.4 is 5.32 Å². The molecule has 1 N–H and O–H groups in total. The van der Waals surface area contributed by atoms with Crippen molar-refractivity contribution in [1.29, 1.82) is 0 Å². The van der Waals surface area contributed by atoms with Crippen LogP contribution in [0.4, 0.5) is 5.69 Å². The average Bonchev–Trinajstić information content (AvgIpc) is 3.41. The van der Waals surface area contributed by atoms with Gasteiger partial charge in [0.1, 0.15) is 0 Å². The molecule has 160 valence electrons. The maximum Gasteiger partial charge on any atom is 0.227 e. The molecular formula is C26H24N4O2. The zero-order valence-electron chi connectivity index (χ0n) is 18.1. The van der Waals surface area contributed by atoms with Crippen LogP contribution in [-0.4, -0.2) is 20.6 Å². The van der Waals surface area contributed by atoms with E-state index in [1.807, 2.05) is 49.4 Å². The van der Waals surface area contributed by atoms with E-state index in [9.17, 15) is 4.79 Å². The highest BCUT2D eigenvalue weighted by molar-refractivity contribution is 6.09. The lowest BCUT2D eigenvalue weighted by Gasteiger charge is -2.06. The summed E-state index contributed by atoms with van der Waals surface area (Å²) in [6.45, 7) is 5.07. The summed E-state index contributed by atoms with van der Waals surface area (Å²) in [6, 6.07) is 22.4. The number of rotatable bonds is 6. The highest BCUT2D eigenvalue weighted by Gasteiger charge is 2.13. The summed E-state index contributed by atoms with van der Waals surface area (Å²) in [5.74, 6) is 0.911. The van der Waals surface area contributed by atoms with E-state index >= 15 is 0 Å². The van der Waals surface area contributed by atoms with Crippen molar-refractivity contribution in [2.24, 2.45) is 0 Å². The lowest BCUT2D eigenvalue weighted by molar-refractivity contribution is -0.116. The molecule has 6 nitrogen and oxygen atoms in total. The van der Waals surface area contributed by atoms with Crippen molar-refractivity contribution in [1.82, 2.24) is 14.7 Å². The predicted molar refractivity (Wildman–Crippen MR) is 127 cm³/mol. The van der Waals surface area contributed by atoms with Crippen LogP contribution in [0.2, 0.25) is 0 Å². The van der Waals surface area contributed by atoms with E-state index in [2.05, 4.69) is 51.2 Å². The number of benzene rings is 3. The van der Waals surface area contributed by atoms with Gasteiger partial charge in [0, 0.05) is 52.4 Å². The first-order valence-electron chi connectivity index (χ1n) is 10.8. The maximum atomic E-state index is 12.6. The van der Waals surface area contributed by atoms with Crippen LogP contribution in [0.3, 0.4) is 0 Å². The molecule has 0 fully saturated rings. The fourth-order valence-electron chi connectivity index (χ4n) is 4.09. The van der Waals surface area contributed by atoms with E-state index in [0.717, 1.165) is 23.2 Å². The van der Waals surface area contributed by atoms with Crippen LogP contribution in [0.5, 0.6) is 0 Å². The highest BCUT2D eigenvalue weighted by Crippen LogP contribution is 2.31. The van der Waals surface area contributed by atoms with Crippen LogP contribution in [0, 0.1) is 6.92 Å². The molecule has 0 aliphatic rings. The standard InChI is InChI=1S/C26H24N4O2/c1-3-30-22-7-5-4-6-20(22)21-16-19(12-13-23(21)30)27-24(31)14-15-25-28-26(29-32-25)18-10-8-17(2)9-11-18/h4-13,16H,3,14-15H2,1-2H3,(H,27,31). The average molecular weight is 425 g/mol. The van der Waals surface area contributed by atoms with Crippen LogP contribution in [0.25, 0.3) is 33.2 Å². The predicted octanol–water partition coefficient (Wildman–Crippen LogP) is 5.74. The number of amides is 1. The Hall–Kier alpha value is -3.93. The monoisotopic (exact) mass is 424 g/mol. The number of anilines is 1. The van der Waals surface area contributed by atoms with Gasteiger partial charge in [-0.3, -0.25) is 4.79 Å². The van der Waals surface area contributed by atoms with Crippen LogP contribution in [0.1, 0.15) is 24.8 Å². The minimum Gasteiger partial charge on any atom is -0.341 e. The molecule has 0 radical (unpaired) electrons. The number of hydrogen-bond acceptors (Lipinski definition) is 4. The van der Waals surface area contributed by atoms with Crippen molar-refractivity contribution in [3.05, 3.63) is 78.2 Å². The Kier molecular flexibility index (Phi) is 5.19. The van der Waals surface area contributed by atoms with E-state index in [4.69, 9.17) is 4.52 Å². The van der Waals surface area contributed by atoms with Crippen molar-refractivity contribution in [3.63, 3.8) is 0 Å². The molecule has 0 aliphatic heterocycles. The van der Waals surface area contributed by atoms with Gasteiger partial charge in [0.25, 0.3) is 0 Å². The van der Waals surface area contributed by atoms with Gasteiger partial charge in [-0.15, -0.1) is 0 Å². The molecule has 0 saturated carbocycles. The van der Waals surface area contributed by atoms with E-state index in [-0.39, 0.29) is 12.3 Å². The van der Waals surface area contributed by atoms with Gasteiger partial charge >= 0.3 is 0 Å². The molecular weight excluding hydrogens is 400 g/mol. The number of para-hydroxylation sites is 1. The van der Waals surface area contributed by atoms with Gasteiger partial charge in [-0.25, -0.2) is 0 Å². The van der Waals surface area contributed by atoms with Gasteiger partial charge in [-0.2, -0.15) is 4.98 Å². The minimum atomic E-state index is -0.0846. The number of hydrogen-bond donors (Lipinski definition) is 1. The number of fused-ring (bicyclic) bond motifs is 3. The first-order chi connectivity index (χ1) is 15.6. The van der Waals surface area contributed by atoms with Crippen LogP contribution >= 0.6 is 0 Å². The fraction of sp³-hybridized carbons (Fsp3) is 0.192. The van der Waals surface area contributed by atoms with Crippen LogP contribution in [-0.2, 0) is 17.8 Å². The quantitative estimate of drug-likeness (QED) is 0.377. The van der Waals surface area contributed by atoms with Gasteiger partial charge in [0.2, 0.25) is 17.6 Å². The Morgan fingerprint density at radius 3 is 2.59 bits per heavy atom. The molecule has 0 unspecified atom stereocenters. The second-order valence-electron chi connectivity index (χ2n) is 7.92. The second-order valence-corrected chi connectivity index (χ2v) is 7.92. The summed E-state index contributed by atoms with van der Waals surface area (Å²) in [6.07, 6.45) is 0.659. The van der Waals surface area contributed by atoms with Crippen molar-refractivity contribution < 1.29 is 9.32 Å². The molecule has 0 bridgehead atoms. The molecule has 3 aromatic carbocycles. The number of aryl methyl sites for hydroxylation is 3. The normalized spacial score (nSPS) is 11.3. The summed E-state index contributed by atoms with van der Waals surface area (Å²) in [5, 5.41) is 9.36. The first kappa shape index (κ1) is 20.0. The summed E-state index contributed by atoms with van der Waals surface area (Å²) in [5.41, 5.74) is 5.23. The van der Waals surface area contributed by atoms with Gasteiger partial charge < -0.3 is 14.4 Å². The molecule has 1 amide bonds. The minimum absolute atomic E-state index is 0.0846. The molecule has 0 atom stereocenters. The number of nitrogens with zero attached hydrogens (tertiary/aromatic N) is 3. The SMILES string of the molecule is CCn1c2ccccc2c2cc(NC(=O)CCc3nc(-c4ccc(C)cc4)no3)ccc21. The summed E-state index contributed by atoms with van der Waals surface area (Å²) in [7, 11) is 0. The van der Waals surface area contributed by atoms with Crippen molar-refractivity contribution in [2.75, 3.05) is 5.32 Å². The van der Waals surface area contributed by atoms with Gasteiger partial charge in [-0.1, -0.05) is 53.2 Å². The summed E-state index contributed by atoms with van der Waals surface area (Å²) < 4.78 is 7.62. The Bertz CT molecular complexity index is 1410. The van der Waals surface area contributed by atoms with Crippen LogP contribution in [0.15, 0.2) is 71.3 Å². The van der Waals surface area contributed by atoms with Gasteiger partial charge in [0.15, 0.2) is 0 Å². The number of aromatic nitrogens is 3. The van der Waals surface area contributed by atoms with Gasteiger partial charge in [-0.05, 0) is 38.1 Å². The molecule has 32 heavy (non-hydrogen) atoms. The molecule has 0 aliphatic carbocycles. The van der Waals surface area contributed by atoms with E-state index in [1.54, 1.807) is 0 Å².